The van der Waals surface area contributed by atoms with E-state index >= 15 is 0 Å². The highest BCUT2D eigenvalue weighted by molar-refractivity contribution is 6.53. The maximum Gasteiger partial charge on any atom is 0.153 e. The van der Waals surface area contributed by atoms with Gasteiger partial charge in [0.05, 0.1) is 0 Å². The van der Waals surface area contributed by atoms with Gasteiger partial charge in [-0.1, -0.05) is 34.8 Å². The summed E-state index contributed by atoms with van der Waals surface area (Å²) in [6.45, 7) is 0. The second-order valence-corrected chi connectivity index (χ2v) is 2.25. The summed E-state index contributed by atoms with van der Waals surface area (Å²) in [7, 11) is 0. The summed E-state index contributed by atoms with van der Waals surface area (Å²) in [4.78, 5) is 8.55. The lowest BCUT2D eigenvalue weighted by atomic mass is 10.7. The molecule has 0 fully saturated rings. The molecule has 0 aromatic heterocycles. The number of allylic oxidation sites excluding steroid dienone is 1. The SMILES string of the molecule is O=C=C(Cl)C(Cl)Cl. The van der Waals surface area contributed by atoms with E-state index in [0.717, 1.165) is 0 Å². The number of halogens is 3. The van der Waals surface area contributed by atoms with Crippen molar-refractivity contribution in [2.24, 2.45) is 0 Å². The lowest BCUT2D eigenvalue weighted by molar-refractivity contribution is 0.568. The molecule has 0 bridgehead atoms. The van der Waals surface area contributed by atoms with Gasteiger partial charge in [-0.3, -0.25) is 0 Å². The fourth-order valence-electron chi connectivity index (χ4n) is 0.0445. The molecule has 0 radical (unpaired) electrons. The predicted molar refractivity (Wildman–Crippen MR) is 30.6 cm³/mol. The number of alkyl halides is 2. The second-order valence-electron chi connectivity index (χ2n) is 0.751. The maximum atomic E-state index is 9.48. The molecular weight excluding hydrogens is 158 g/mol. The van der Waals surface area contributed by atoms with Crippen molar-refractivity contribution in [3.63, 3.8) is 0 Å². The van der Waals surface area contributed by atoms with Crippen molar-refractivity contribution >= 4 is 40.7 Å². The fourth-order valence-corrected chi connectivity index (χ4v) is 0.134. The quantitative estimate of drug-likeness (QED) is 0.421. The Balaban J connectivity index is 3.81. The second kappa shape index (κ2) is 3.34. The molecule has 4 heteroatoms. The van der Waals surface area contributed by atoms with Gasteiger partial charge in [0.15, 0.2) is 4.84 Å². The zero-order valence-electron chi connectivity index (χ0n) is 3.12. The summed E-state index contributed by atoms with van der Waals surface area (Å²) in [5, 5.41) is -0.205. The van der Waals surface area contributed by atoms with Crippen LogP contribution in [0, 0.1) is 0 Å². The molecule has 0 aliphatic carbocycles. The summed E-state index contributed by atoms with van der Waals surface area (Å²) >= 11 is 15.2. The Morgan fingerprint density at radius 3 is 2.00 bits per heavy atom. The van der Waals surface area contributed by atoms with Crippen LogP contribution in [0.3, 0.4) is 0 Å². The van der Waals surface area contributed by atoms with Crippen molar-refractivity contribution in [3.05, 3.63) is 5.03 Å². The highest BCUT2D eigenvalue weighted by Gasteiger charge is 2.02. The summed E-state index contributed by atoms with van der Waals surface area (Å²) in [6, 6.07) is 0. The van der Waals surface area contributed by atoms with Crippen LogP contribution in [0.5, 0.6) is 0 Å². The number of carbonyl (C=O) groups excluding carboxylic acids is 1. The molecule has 40 valence electrons. The molecule has 0 N–H and O–H groups in total. The van der Waals surface area contributed by atoms with Gasteiger partial charge in [-0.15, -0.1) is 0 Å². The van der Waals surface area contributed by atoms with Crippen LogP contribution < -0.4 is 0 Å². The minimum atomic E-state index is -0.931. The van der Waals surface area contributed by atoms with Gasteiger partial charge < -0.3 is 0 Å². The van der Waals surface area contributed by atoms with Gasteiger partial charge in [0.2, 0.25) is 0 Å². The Kier molecular flexibility index (Phi) is 3.49. The summed E-state index contributed by atoms with van der Waals surface area (Å²) in [5.41, 5.74) is 0. The Morgan fingerprint density at radius 1 is 1.57 bits per heavy atom. The number of rotatable bonds is 1. The van der Waals surface area contributed by atoms with Crippen molar-refractivity contribution in [2.45, 2.75) is 4.84 Å². The lowest BCUT2D eigenvalue weighted by Gasteiger charge is -1.86. The largest absolute Gasteiger partial charge is 0.232 e. The maximum absolute atomic E-state index is 9.48. The summed E-state index contributed by atoms with van der Waals surface area (Å²) in [5.74, 6) is 1.33. The van der Waals surface area contributed by atoms with E-state index in [1.54, 1.807) is 0 Å². The van der Waals surface area contributed by atoms with E-state index in [9.17, 15) is 4.79 Å². The van der Waals surface area contributed by atoms with Gasteiger partial charge in [-0.25, -0.2) is 4.79 Å². The molecule has 0 saturated carbocycles. The van der Waals surface area contributed by atoms with E-state index < -0.39 is 4.84 Å². The Morgan fingerprint density at radius 2 is 2.00 bits per heavy atom. The first-order chi connectivity index (χ1) is 3.18. The molecule has 0 spiro atoms. The van der Waals surface area contributed by atoms with Gasteiger partial charge in [0.25, 0.3) is 0 Å². The standard InChI is InChI=1S/C3HCl3O/c4-2(1-7)3(5)6/h3H. The molecule has 0 saturated heterocycles. The van der Waals surface area contributed by atoms with Gasteiger partial charge >= 0.3 is 0 Å². The molecule has 0 atom stereocenters. The number of hydrogen-bond acceptors (Lipinski definition) is 1. The Hall–Kier alpha value is 0.320. The van der Waals surface area contributed by atoms with Crippen LogP contribution >= 0.6 is 34.8 Å². The first-order valence-electron chi connectivity index (χ1n) is 1.37. The van der Waals surface area contributed by atoms with Crippen LogP contribution in [0.2, 0.25) is 0 Å². The third-order valence-electron chi connectivity index (χ3n) is 0.289. The van der Waals surface area contributed by atoms with Crippen LogP contribution in [0.25, 0.3) is 0 Å². The molecule has 0 heterocycles. The first kappa shape index (κ1) is 7.32. The molecule has 0 unspecified atom stereocenters. The highest BCUT2D eigenvalue weighted by Crippen LogP contribution is 2.13. The van der Waals surface area contributed by atoms with E-state index in [1.165, 1.54) is 5.94 Å². The fraction of sp³-hybridized carbons (Fsp3) is 0.333. The average Bonchev–Trinajstić information content (AvgIpc) is 1.65. The molecule has 0 amide bonds. The molecule has 0 rings (SSSR count). The van der Waals surface area contributed by atoms with Crippen molar-refractivity contribution in [1.29, 1.82) is 0 Å². The molecule has 0 aromatic rings. The van der Waals surface area contributed by atoms with Crippen LogP contribution in [-0.4, -0.2) is 10.8 Å². The third-order valence-corrected chi connectivity index (χ3v) is 1.24. The summed E-state index contributed by atoms with van der Waals surface area (Å²) in [6.07, 6.45) is 0. The molecular formula is C3HCl3O. The van der Waals surface area contributed by atoms with E-state index in [-0.39, 0.29) is 5.03 Å². The average molecular weight is 159 g/mol. The van der Waals surface area contributed by atoms with Gasteiger partial charge in [-0.05, 0) is 0 Å². The monoisotopic (exact) mass is 158 g/mol. The minimum Gasteiger partial charge on any atom is -0.232 e. The number of hydrogen-bond donors (Lipinski definition) is 0. The van der Waals surface area contributed by atoms with Crippen LogP contribution in [-0.2, 0) is 4.79 Å². The molecule has 0 aromatic carbocycles. The van der Waals surface area contributed by atoms with E-state index in [2.05, 4.69) is 0 Å². The molecule has 1 nitrogen and oxygen atoms in total. The van der Waals surface area contributed by atoms with Crippen molar-refractivity contribution in [2.75, 3.05) is 0 Å². The normalized spacial score (nSPS) is 8.57. The van der Waals surface area contributed by atoms with Gasteiger partial charge in [0.1, 0.15) is 11.0 Å². The molecule has 0 aliphatic heterocycles. The van der Waals surface area contributed by atoms with Gasteiger partial charge in [-0.2, -0.15) is 0 Å². The molecule has 0 aliphatic rings. The Labute approximate surface area is 55.9 Å². The zero-order valence-corrected chi connectivity index (χ0v) is 5.39. The van der Waals surface area contributed by atoms with Crippen molar-refractivity contribution in [1.82, 2.24) is 0 Å². The molecule has 7 heavy (non-hydrogen) atoms. The van der Waals surface area contributed by atoms with E-state index in [4.69, 9.17) is 34.8 Å². The topological polar surface area (TPSA) is 17.1 Å². The minimum absolute atomic E-state index is 0.205. The van der Waals surface area contributed by atoms with Crippen LogP contribution in [0.1, 0.15) is 0 Å². The van der Waals surface area contributed by atoms with Crippen molar-refractivity contribution < 1.29 is 4.79 Å². The van der Waals surface area contributed by atoms with E-state index in [1.807, 2.05) is 0 Å². The lowest BCUT2D eigenvalue weighted by Crippen LogP contribution is -1.83. The highest BCUT2D eigenvalue weighted by atomic mass is 35.5. The van der Waals surface area contributed by atoms with Crippen LogP contribution in [0.15, 0.2) is 5.03 Å². The zero-order chi connectivity index (χ0) is 5.86. The van der Waals surface area contributed by atoms with Gasteiger partial charge in [0, 0.05) is 0 Å². The van der Waals surface area contributed by atoms with Crippen molar-refractivity contribution in [3.8, 4) is 0 Å². The third kappa shape index (κ3) is 2.95. The first-order valence-corrected chi connectivity index (χ1v) is 2.62. The smallest absolute Gasteiger partial charge is 0.153 e. The van der Waals surface area contributed by atoms with Crippen LogP contribution in [0.4, 0.5) is 0 Å². The predicted octanol–water partition coefficient (Wildman–Crippen LogP) is 1.74. The summed E-state index contributed by atoms with van der Waals surface area (Å²) < 4.78 is 0. The van der Waals surface area contributed by atoms with E-state index in [0.29, 0.717) is 0 Å². The Bertz CT molecular complexity index is 103.